The van der Waals surface area contributed by atoms with E-state index in [0.717, 1.165) is 28.3 Å². The first kappa shape index (κ1) is 18.5. The minimum absolute atomic E-state index is 1.01. The fraction of sp³-hybridized carbons (Fsp3) is 0.0385. The molecule has 3 nitrogen and oxygen atoms in total. The maximum absolute atomic E-state index is 4.37. The molecule has 4 aromatic carbocycles. The number of benzene rings is 4. The summed E-state index contributed by atoms with van der Waals surface area (Å²) >= 11 is 0. The van der Waals surface area contributed by atoms with Gasteiger partial charge in [0.25, 0.3) is 0 Å². The predicted molar refractivity (Wildman–Crippen MR) is 124 cm³/mol. The average molecular weight is 377 g/mol. The molecular formula is C26H23N3. The summed E-state index contributed by atoms with van der Waals surface area (Å²) in [5, 5.41) is 4.37. The molecule has 0 amide bonds. The fourth-order valence-electron chi connectivity index (χ4n) is 3.19. The van der Waals surface area contributed by atoms with Crippen LogP contribution in [0.2, 0.25) is 0 Å². The van der Waals surface area contributed by atoms with Gasteiger partial charge in [-0.3, -0.25) is 5.43 Å². The second-order valence-electron chi connectivity index (χ2n) is 6.78. The van der Waals surface area contributed by atoms with Gasteiger partial charge in [0.05, 0.1) is 11.9 Å². The Hall–Kier alpha value is -3.85. The van der Waals surface area contributed by atoms with Crippen LogP contribution >= 0.6 is 0 Å². The number of hydrogen-bond acceptors (Lipinski definition) is 3. The van der Waals surface area contributed by atoms with Gasteiger partial charge in [-0.1, -0.05) is 66.7 Å². The summed E-state index contributed by atoms with van der Waals surface area (Å²) in [5.41, 5.74) is 9.68. The minimum atomic E-state index is 1.01. The quantitative estimate of drug-likeness (QED) is 0.292. The number of nitrogens with one attached hydrogen (secondary N) is 1. The van der Waals surface area contributed by atoms with Crippen molar-refractivity contribution < 1.29 is 0 Å². The monoisotopic (exact) mass is 377 g/mol. The van der Waals surface area contributed by atoms with Crippen LogP contribution in [-0.2, 0) is 0 Å². The van der Waals surface area contributed by atoms with Gasteiger partial charge >= 0.3 is 0 Å². The molecule has 29 heavy (non-hydrogen) atoms. The van der Waals surface area contributed by atoms with Gasteiger partial charge in [0, 0.05) is 17.1 Å². The van der Waals surface area contributed by atoms with Gasteiger partial charge in [-0.2, -0.15) is 5.10 Å². The normalized spacial score (nSPS) is 10.8. The number of anilines is 4. The third-order valence-corrected chi connectivity index (χ3v) is 4.72. The number of hydrogen-bond donors (Lipinski definition) is 1. The first-order chi connectivity index (χ1) is 14.3. The topological polar surface area (TPSA) is 27.6 Å². The Kier molecular flexibility index (Phi) is 5.68. The lowest BCUT2D eigenvalue weighted by molar-refractivity contribution is 1.28. The van der Waals surface area contributed by atoms with E-state index in [1.54, 1.807) is 0 Å². The van der Waals surface area contributed by atoms with Crippen LogP contribution in [0.5, 0.6) is 0 Å². The molecule has 0 spiro atoms. The van der Waals surface area contributed by atoms with Gasteiger partial charge in [0.1, 0.15) is 0 Å². The van der Waals surface area contributed by atoms with Crippen molar-refractivity contribution in [2.45, 2.75) is 6.92 Å². The predicted octanol–water partition coefficient (Wildman–Crippen LogP) is 6.91. The molecule has 0 aliphatic heterocycles. The summed E-state index contributed by atoms with van der Waals surface area (Å²) in [6, 6.07) is 37.3. The molecule has 0 fully saturated rings. The zero-order valence-electron chi connectivity index (χ0n) is 16.4. The van der Waals surface area contributed by atoms with Gasteiger partial charge in [-0.05, 0) is 60.5 Å². The summed E-state index contributed by atoms with van der Waals surface area (Å²) in [6.07, 6.45) is 1.84. The fourth-order valence-corrected chi connectivity index (χ4v) is 3.19. The first-order valence-electron chi connectivity index (χ1n) is 9.66. The Morgan fingerprint density at radius 1 is 0.621 bits per heavy atom. The molecule has 142 valence electrons. The first-order valence-corrected chi connectivity index (χ1v) is 9.66. The van der Waals surface area contributed by atoms with E-state index >= 15 is 0 Å². The van der Waals surface area contributed by atoms with E-state index < -0.39 is 0 Å². The van der Waals surface area contributed by atoms with Crippen LogP contribution in [0.1, 0.15) is 11.1 Å². The van der Waals surface area contributed by atoms with Crippen molar-refractivity contribution in [2.75, 3.05) is 10.3 Å². The number of para-hydroxylation sites is 3. The second-order valence-corrected chi connectivity index (χ2v) is 6.78. The lowest BCUT2D eigenvalue weighted by Gasteiger charge is -2.25. The summed E-state index contributed by atoms with van der Waals surface area (Å²) in [6.45, 7) is 2.06. The Morgan fingerprint density at radius 2 is 1.14 bits per heavy atom. The Labute approximate surface area is 172 Å². The Morgan fingerprint density at radius 3 is 1.72 bits per heavy atom. The molecule has 0 heterocycles. The highest BCUT2D eigenvalue weighted by molar-refractivity contribution is 5.83. The minimum Gasteiger partial charge on any atom is -0.311 e. The molecular weight excluding hydrogens is 354 g/mol. The summed E-state index contributed by atoms with van der Waals surface area (Å²) in [5.74, 6) is 0. The molecule has 0 radical (unpaired) electrons. The standard InChI is InChI=1S/C26H23N3/c1-21-10-8-9-15-26(21)28-27-20-22-16-18-25(19-17-22)29(23-11-4-2-5-12-23)24-13-6-3-7-14-24/h2-20,28H,1H3. The molecule has 1 N–H and O–H groups in total. The lowest BCUT2D eigenvalue weighted by atomic mass is 10.1. The molecule has 0 aromatic heterocycles. The van der Waals surface area contributed by atoms with Gasteiger partial charge in [0.15, 0.2) is 0 Å². The average Bonchev–Trinajstić information content (AvgIpc) is 2.78. The molecule has 4 rings (SSSR count). The number of hydrazone groups is 1. The molecule has 0 bridgehead atoms. The highest BCUT2D eigenvalue weighted by Gasteiger charge is 2.11. The summed E-state index contributed by atoms with van der Waals surface area (Å²) in [4.78, 5) is 2.24. The van der Waals surface area contributed by atoms with Crippen LogP contribution in [0.15, 0.2) is 114 Å². The van der Waals surface area contributed by atoms with Crippen molar-refractivity contribution in [3.63, 3.8) is 0 Å². The molecule has 0 unspecified atom stereocenters. The summed E-state index contributed by atoms with van der Waals surface area (Å²) < 4.78 is 0. The summed E-state index contributed by atoms with van der Waals surface area (Å²) in [7, 11) is 0. The Bertz CT molecular complexity index is 1030. The molecule has 0 atom stereocenters. The molecule has 0 saturated carbocycles. The van der Waals surface area contributed by atoms with Crippen LogP contribution in [0.3, 0.4) is 0 Å². The SMILES string of the molecule is Cc1ccccc1NN=Cc1ccc(N(c2ccccc2)c2ccccc2)cc1. The largest absolute Gasteiger partial charge is 0.311 e. The maximum Gasteiger partial charge on any atom is 0.0590 e. The smallest absolute Gasteiger partial charge is 0.0590 e. The van der Waals surface area contributed by atoms with Gasteiger partial charge in [0.2, 0.25) is 0 Å². The third kappa shape index (κ3) is 4.53. The van der Waals surface area contributed by atoms with E-state index in [1.807, 2.05) is 36.5 Å². The van der Waals surface area contributed by atoms with Gasteiger partial charge in [-0.25, -0.2) is 0 Å². The van der Waals surface area contributed by atoms with E-state index in [-0.39, 0.29) is 0 Å². The van der Waals surface area contributed by atoms with Crippen molar-refractivity contribution in [1.82, 2.24) is 0 Å². The highest BCUT2D eigenvalue weighted by Crippen LogP contribution is 2.33. The zero-order valence-corrected chi connectivity index (χ0v) is 16.4. The third-order valence-electron chi connectivity index (χ3n) is 4.72. The highest BCUT2D eigenvalue weighted by atomic mass is 15.3. The van der Waals surface area contributed by atoms with E-state index in [9.17, 15) is 0 Å². The van der Waals surface area contributed by atoms with Gasteiger partial charge < -0.3 is 4.90 Å². The molecule has 0 saturated heterocycles. The van der Waals surface area contributed by atoms with Crippen molar-refractivity contribution in [2.24, 2.45) is 5.10 Å². The van der Waals surface area contributed by atoms with E-state index in [4.69, 9.17) is 0 Å². The second kappa shape index (κ2) is 8.89. The van der Waals surface area contributed by atoms with Crippen LogP contribution < -0.4 is 10.3 Å². The maximum atomic E-state index is 4.37. The van der Waals surface area contributed by atoms with Crippen LogP contribution in [0.25, 0.3) is 0 Å². The van der Waals surface area contributed by atoms with Crippen molar-refractivity contribution in [3.8, 4) is 0 Å². The van der Waals surface area contributed by atoms with Crippen molar-refractivity contribution in [1.29, 1.82) is 0 Å². The zero-order chi connectivity index (χ0) is 19.9. The van der Waals surface area contributed by atoms with Crippen LogP contribution in [0.4, 0.5) is 22.7 Å². The van der Waals surface area contributed by atoms with E-state index in [1.165, 1.54) is 5.56 Å². The van der Waals surface area contributed by atoms with Crippen molar-refractivity contribution in [3.05, 3.63) is 120 Å². The van der Waals surface area contributed by atoms with E-state index in [2.05, 4.69) is 101 Å². The number of aryl methyl sites for hydroxylation is 1. The van der Waals surface area contributed by atoms with Crippen LogP contribution in [-0.4, -0.2) is 6.21 Å². The lowest BCUT2D eigenvalue weighted by Crippen LogP contribution is -2.09. The molecule has 0 aliphatic rings. The number of nitrogens with zero attached hydrogens (tertiary/aromatic N) is 2. The molecule has 3 heteroatoms. The van der Waals surface area contributed by atoms with Crippen molar-refractivity contribution >= 4 is 29.0 Å². The van der Waals surface area contributed by atoms with E-state index in [0.29, 0.717) is 0 Å². The van der Waals surface area contributed by atoms with Crippen LogP contribution in [0, 0.1) is 6.92 Å². The Balaban J connectivity index is 1.56. The molecule has 0 aliphatic carbocycles. The number of rotatable bonds is 6. The molecule has 4 aromatic rings. The van der Waals surface area contributed by atoms with Gasteiger partial charge in [-0.15, -0.1) is 0 Å².